The van der Waals surface area contributed by atoms with E-state index < -0.39 is 65.5 Å². The summed E-state index contributed by atoms with van der Waals surface area (Å²) in [5, 5.41) is 11.7. The van der Waals surface area contributed by atoms with E-state index in [1.165, 1.54) is 156 Å². The Morgan fingerprint density at radius 2 is 0.917 bits per heavy atom. The molecule has 2 aromatic heterocycles. The van der Waals surface area contributed by atoms with E-state index in [9.17, 15) is 47.9 Å². The predicted molar refractivity (Wildman–Crippen MR) is 466 cm³/mol. The van der Waals surface area contributed by atoms with Crippen molar-refractivity contribution in [1.82, 2.24) is 34.4 Å². The van der Waals surface area contributed by atoms with Gasteiger partial charge in [-0.2, -0.15) is 0 Å². The molecule has 27 heteroatoms. The average Bonchev–Trinajstić information content (AvgIpc) is 1.65. The molecule has 10 rings (SSSR count). The highest BCUT2D eigenvalue weighted by molar-refractivity contribution is 6.10. The fourth-order valence-electron chi connectivity index (χ4n) is 14.7. The fraction of sp³-hybridized carbons (Fsp3) is 0.484. The zero-order valence-corrected chi connectivity index (χ0v) is 71.7. The minimum absolute atomic E-state index is 0.00376. The molecule has 2 aliphatic rings. The van der Waals surface area contributed by atoms with Crippen LogP contribution in [0.1, 0.15) is 231 Å². The molecule has 27 nitrogen and oxygen atoms in total. The second kappa shape index (κ2) is 49.9. The number of imide groups is 2. The number of nitrogens with zero attached hydrogens (tertiary/aromatic N) is 8. The lowest BCUT2D eigenvalue weighted by atomic mass is 9.96. The number of hydrogen-bond acceptors (Lipinski definition) is 20. The van der Waals surface area contributed by atoms with Gasteiger partial charge in [-0.1, -0.05) is 240 Å². The first kappa shape index (κ1) is 94.2. The highest BCUT2D eigenvalue weighted by Crippen LogP contribution is 2.35. The highest BCUT2D eigenvalue weighted by atomic mass is 16.5. The molecule has 2 aliphatic heterocycles. The van der Waals surface area contributed by atoms with E-state index in [0.717, 1.165) is 65.6 Å². The van der Waals surface area contributed by atoms with Gasteiger partial charge in [0.15, 0.2) is 11.9 Å². The van der Waals surface area contributed by atoms with E-state index in [4.69, 9.17) is 33.4 Å². The maximum absolute atomic E-state index is 14.8. The van der Waals surface area contributed by atoms with Crippen LogP contribution in [0.15, 0.2) is 155 Å². The lowest BCUT2D eigenvalue weighted by molar-refractivity contribution is -0.145. The van der Waals surface area contributed by atoms with Crippen LogP contribution in [0, 0.1) is 5.92 Å². The first-order chi connectivity index (χ1) is 58.2. The summed E-state index contributed by atoms with van der Waals surface area (Å²) in [6.07, 6.45) is 27.5. The summed E-state index contributed by atoms with van der Waals surface area (Å²) in [6.45, 7) is 9.13. The Kier molecular flexibility index (Phi) is 39.2. The van der Waals surface area contributed by atoms with Crippen molar-refractivity contribution in [2.24, 2.45) is 5.92 Å². The molecule has 0 saturated carbocycles. The van der Waals surface area contributed by atoms with Crippen LogP contribution in [0.5, 0.6) is 11.5 Å². The molecule has 3 N–H and O–H groups in total. The van der Waals surface area contributed by atoms with Crippen LogP contribution in [0.4, 0.5) is 16.2 Å². The number of aromatic nitrogens is 4. The van der Waals surface area contributed by atoms with Crippen molar-refractivity contribution in [3.05, 3.63) is 200 Å². The van der Waals surface area contributed by atoms with Gasteiger partial charge in [0.05, 0.1) is 90.6 Å². The van der Waals surface area contributed by atoms with Crippen LogP contribution in [0.3, 0.4) is 0 Å². The van der Waals surface area contributed by atoms with Gasteiger partial charge in [-0.3, -0.25) is 43.8 Å². The highest BCUT2D eigenvalue weighted by Gasteiger charge is 2.53. The van der Waals surface area contributed by atoms with Gasteiger partial charge in [0.1, 0.15) is 23.4 Å². The summed E-state index contributed by atoms with van der Waals surface area (Å²) >= 11 is 0. The number of amides is 7. The quantitative estimate of drug-likeness (QED) is 0.0138. The number of anilines is 2. The molecule has 4 unspecified atom stereocenters. The van der Waals surface area contributed by atoms with E-state index in [0.29, 0.717) is 53.4 Å². The standard InChI is InChI=1S/C46H60N6O8.C34H48N4O5.C13H15NO3/c1-6-8-9-10-11-12-13-14-15-16-17-23-30-60-45(56)34-28-29-38(58-5)37(31-34)48-41(53)39(40-47-36-27-22-21-26-35(36)42(54)52(40)49(3)4)51-43(55)44(59-7-2)50(46(51)57)32-33-24-19-18-20-25-33;1-5-6-7-8-9-10-11-12-13-14-15-18-23-43-34(41)26-21-22-30(42-4)29(24-26)36-32(39)25-31-35-28-20-17-16-19-27(28)33(40)38(31)37(2)3;1-2-17-11-10(12(15)14-13(11)16)8-9-6-4-3-5-7-9/h18-22,24-29,31,39,44H,6-17,23,30,32H2,1-5H3,(H,48,53);16-17,19-22,24H,5-15,18,23,25H2,1-4H3,(H,36,39);3-7,10-11H,2,8H2,1H3,(H,14,15,16). The number of urea groups is 1. The van der Waals surface area contributed by atoms with Crippen molar-refractivity contribution in [2.75, 3.05) is 89.5 Å². The van der Waals surface area contributed by atoms with Crippen molar-refractivity contribution < 1.29 is 66.8 Å². The minimum Gasteiger partial charge on any atom is -0.495 e. The van der Waals surface area contributed by atoms with Gasteiger partial charge >= 0.3 is 18.0 Å². The number of fused-ring (bicyclic) bond motifs is 2. The molecule has 8 aromatic rings. The molecule has 0 bridgehead atoms. The summed E-state index contributed by atoms with van der Waals surface area (Å²) in [6, 6.07) is 39.0. The normalized spacial score (nSPS) is 14.5. The van der Waals surface area contributed by atoms with Gasteiger partial charge in [0.2, 0.25) is 18.0 Å². The Bertz CT molecular complexity index is 4770. The summed E-state index contributed by atoms with van der Waals surface area (Å²) in [4.78, 5) is 144. The monoisotopic (exact) mass is 1650 g/mol. The van der Waals surface area contributed by atoms with Gasteiger partial charge in [0.25, 0.3) is 28.8 Å². The molecular formula is C93H123N11O16. The van der Waals surface area contributed by atoms with E-state index in [1.807, 2.05) is 67.6 Å². The number of rotatable bonds is 47. The molecule has 646 valence electrons. The average molecular weight is 1650 g/mol. The fourth-order valence-corrected chi connectivity index (χ4v) is 14.7. The number of para-hydroxylation sites is 2. The first-order valence-corrected chi connectivity index (χ1v) is 42.7. The van der Waals surface area contributed by atoms with Crippen LogP contribution in [-0.4, -0.2) is 158 Å². The summed E-state index contributed by atoms with van der Waals surface area (Å²) in [5.74, 6) is -3.40. The topological polar surface area (TPSA) is 311 Å². The predicted octanol–water partition coefficient (Wildman–Crippen LogP) is 15.5. The number of unbranched alkanes of at least 4 members (excludes halogenated alkanes) is 22. The number of carbonyl (C=O) groups excluding carboxylic acids is 8. The number of carbonyl (C=O) groups is 8. The van der Waals surface area contributed by atoms with E-state index in [2.05, 4.69) is 34.8 Å². The van der Waals surface area contributed by atoms with E-state index in [1.54, 1.807) is 107 Å². The van der Waals surface area contributed by atoms with Crippen LogP contribution in [0.2, 0.25) is 0 Å². The van der Waals surface area contributed by atoms with Crippen molar-refractivity contribution in [3.8, 4) is 11.5 Å². The van der Waals surface area contributed by atoms with Crippen molar-refractivity contribution in [2.45, 2.75) is 220 Å². The third-order valence-electron chi connectivity index (χ3n) is 20.9. The molecule has 4 atom stereocenters. The minimum atomic E-state index is -1.79. The molecule has 0 spiro atoms. The second-order valence-corrected chi connectivity index (χ2v) is 30.4. The Labute approximate surface area is 705 Å². The molecule has 4 heterocycles. The summed E-state index contributed by atoms with van der Waals surface area (Å²) in [5.41, 5.74) is 2.66. The molecule has 120 heavy (non-hydrogen) atoms. The van der Waals surface area contributed by atoms with Crippen molar-refractivity contribution in [3.63, 3.8) is 0 Å². The Hall–Kier alpha value is -11.3. The van der Waals surface area contributed by atoms with Crippen LogP contribution in [-0.2, 0) is 62.3 Å². The number of ether oxygens (including phenoxy) is 6. The molecule has 2 fully saturated rings. The largest absolute Gasteiger partial charge is 0.495 e. The number of hydrogen-bond donors (Lipinski definition) is 3. The van der Waals surface area contributed by atoms with Crippen molar-refractivity contribution >= 4 is 80.7 Å². The Morgan fingerprint density at radius 3 is 1.38 bits per heavy atom. The molecular weight excluding hydrogens is 1530 g/mol. The maximum Gasteiger partial charge on any atom is 0.338 e. The van der Waals surface area contributed by atoms with Gasteiger partial charge < -0.3 is 49.1 Å². The van der Waals surface area contributed by atoms with Crippen LogP contribution in [0.25, 0.3) is 21.8 Å². The molecule has 0 radical (unpaired) electrons. The molecule has 2 saturated heterocycles. The smallest absolute Gasteiger partial charge is 0.338 e. The third kappa shape index (κ3) is 27.4. The number of esters is 2. The Balaban J connectivity index is 0.000000258. The summed E-state index contributed by atoms with van der Waals surface area (Å²) in [7, 11) is 9.51. The number of methoxy groups -OCH3 is 2. The SMILES string of the molecule is CCCCCCCCCCCCCCOC(=O)c1ccc(OC)c(NC(=O)C(c2nc3ccccc3c(=O)n2N(C)C)N2C(=O)C(OCC)N(Cc3ccccc3)C2=O)c1.CCCCCCCCCCCCCCOC(=O)c1ccc(OC)c(NC(=O)Cc2nc3ccccc3c(=O)n2N(C)C)c1.CCOC1C(=O)NC(=O)C1Cc1ccccc1. The van der Waals surface area contributed by atoms with E-state index >= 15 is 0 Å². The molecule has 0 aliphatic carbocycles. The van der Waals surface area contributed by atoms with E-state index in [-0.39, 0.29) is 77.3 Å². The van der Waals surface area contributed by atoms with Gasteiger partial charge in [-0.15, -0.1) is 0 Å². The van der Waals surface area contributed by atoms with Gasteiger partial charge in [0, 0.05) is 41.4 Å². The lowest BCUT2D eigenvalue weighted by Crippen LogP contribution is -2.48. The molecule has 6 aromatic carbocycles. The van der Waals surface area contributed by atoms with Gasteiger partial charge in [-0.05, 0) is 105 Å². The maximum atomic E-state index is 14.8. The van der Waals surface area contributed by atoms with Crippen LogP contribution < -0.4 is 46.6 Å². The number of benzene rings is 6. The number of nitrogens with one attached hydrogen (secondary N) is 3. The Morgan fingerprint density at radius 1 is 0.483 bits per heavy atom. The second-order valence-electron chi connectivity index (χ2n) is 30.4. The zero-order valence-electron chi connectivity index (χ0n) is 71.7. The third-order valence-corrected chi connectivity index (χ3v) is 20.9. The van der Waals surface area contributed by atoms with Gasteiger partial charge in [-0.25, -0.2) is 38.6 Å². The lowest BCUT2D eigenvalue weighted by Gasteiger charge is -2.29. The summed E-state index contributed by atoms with van der Waals surface area (Å²) < 4.78 is 35.8. The van der Waals surface area contributed by atoms with Crippen LogP contribution >= 0.6 is 0 Å². The van der Waals surface area contributed by atoms with Crippen molar-refractivity contribution in [1.29, 1.82) is 0 Å². The molecule has 7 amide bonds. The zero-order chi connectivity index (χ0) is 86.3. The first-order valence-electron chi connectivity index (χ1n) is 42.7.